The summed E-state index contributed by atoms with van der Waals surface area (Å²) in [6, 6.07) is 9.07. The third-order valence-corrected chi connectivity index (χ3v) is 10.8. The molecule has 1 saturated heterocycles. The number of rotatable bonds is 3. The highest BCUT2D eigenvalue weighted by Crippen LogP contribution is 2.49. The van der Waals surface area contributed by atoms with Crippen LogP contribution in [0.4, 0.5) is 10.1 Å². The number of hydrogen-bond donors (Lipinski definition) is 4. The largest absolute Gasteiger partial charge is 0.386 e. The first-order valence-corrected chi connectivity index (χ1v) is 12.0. The average molecular weight is 457 g/mol. The second-order valence-corrected chi connectivity index (χ2v) is 12.1. The molecule has 2 aliphatic heterocycles. The Labute approximate surface area is 186 Å². The van der Waals surface area contributed by atoms with Crippen LogP contribution in [0, 0.1) is 17.1 Å². The number of thiol groups is 1. The Balaban J connectivity index is 1.72. The summed E-state index contributed by atoms with van der Waals surface area (Å²) in [5.41, 5.74) is 6.11. The van der Waals surface area contributed by atoms with Crippen LogP contribution in [0.5, 0.6) is 0 Å². The van der Waals surface area contributed by atoms with Gasteiger partial charge in [0, 0.05) is 24.0 Å². The fraction of sp³-hybridized carbons (Fsp3) is 0.364. The minimum Gasteiger partial charge on any atom is -0.386 e. The van der Waals surface area contributed by atoms with Gasteiger partial charge < -0.3 is 11.1 Å². The van der Waals surface area contributed by atoms with E-state index in [9.17, 15) is 9.00 Å². The van der Waals surface area contributed by atoms with E-state index in [1.165, 1.54) is 36.5 Å². The maximum atomic E-state index is 15.1. The van der Waals surface area contributed by atoms with E-state index >= 15 is 4.39 Å². The number of aromatic nitrogens is 1. The van der Waals surface area contributed by atoms with Gasteiger partial charge in [0.2, 0.25) is 0 Å². The number of fused-ring (bicyclic) bond motifs is 1. The fourth-order valence-corrected chi connectivity index (χ4v) is 8.18. The molecule has 3 heterocycles. The van der Waals surface area contributed by atoms with E-state index in [0.717, 1.165) is 0 Å². The van der Waals surface area contributed by atoms with Crippen molar-refractivity contribution in [2.75, 3.05) is 11.9 Å². The monoisotopic (exact) mass is 456 g/mol. The third kappa shape index (κ3) is 3.20. The average Bonchev–Trinajstić information content (AvgIpc) is 3.18. The summed E-state index contributed by atoms with van der Waals surface area (Å²) in [5.74, 6) is -0.806. The molecule has 0 aliphatic carbocycles. The molecule has 2 aromatic rings. The number of anilines is 1. The summed E-state index contributed by atoms with van der Waals surface area (Å²) >= 11 is 0. The first-order valence-electron chi connectivity index (χ1n) is 10.2. The molecule has 32 heavy (non-hydrogen) atoms. The number of nitrogens with one attached hydrogen (secondary N) is 2. The molecule has 0 bridgehead atoms. The number of amidine groups is 1. The van der Waals surface area contributed by atoms with Gasteiger partial charge in [-0.15, -0.1) is 0 Å². The van der Waals surface area contributed by atoms with E-state index < -0.39 is 37.4 Å². The topological polar surface area (TPSA) is 133 Å². The number of pyridine rings is 1. The molecule has 2 atom stereocenters. The lowest BCUT2D eigenvalue weighted by Gasteiger charge is -2.50. The Morgan fingerprint density at radius 2 is 2.09 bits per heavy atom. The zero-order valence-corrected chi connectivity index (χ0v) is 18.9. The van der Waals surface area contributed by atoms with Crippen LogP contribution < -0.4 is 15.8 Å². The minimum atomic E-state index is -3.03. The summed E-state index contributed by atoms with van der Waals surface area (Å²) in [4.78, 5) is 21.2. The first kappa shape index (κ1) is 22.0. The molecule has 1 unspecified atom stereocenters. The molecule has 4 rings (SSSR count). The van der Waals surface area contributed by atoms with Gasteiger partial charge in [-0.2, -0.15) is 5.26 Å². The van der Waals surface area contributed by atoms with Crippen molar-refractivity contribution < 1.29 is 13.4 Å². The number of nitrogens with zero attached hydrogens (tertiary/aromatic N) is 3. The minimum absolute atomic E-state index is 0.118. The first-order chi connectivity index (χ1) is 15.0. The predicted molar refractivity (Wildman–Crippen MR) is 122 cm³/mol. The van der Waals surface area contributed by atoms with Crippen LogP contribution in [0.1, 0.15) is 48.8 Å². The van der Waals surface area contributed by atoms with Crippen LogP contribution in [0.15, 0.2) is 41.5 Å². The molecule has 4 N–H and O–H groups in total. The second-order valence-electron chi connectivity index (χ2n) is 8.77. The number of benzene rings is 1. The number of halogens is 1. The molecule has 1 fully saturated rings. The van der Waals surface area contributed by atoms with E-state index in [4.69, 9.17) is 11.0 Å². The standard InChI is InChI=1S/C22H25FN6O2S/c1-21(2)20(25)29-22(3,18-8-9-27-32(18,21)31)15-10-14(5-6-16(15)23)28-19(30)17-7-4-13(11-24)12-26-17/h4-7,10,12,18,32H,8-9H2,1-3H3,(H2,25,29)(H,27,31)(H,28,30)/t18?,22-/m1/s1. The van der Waals surface area contributed by atoms with Gasteiger partial charge in [-0.25, -0.2) is 9.37 Å². The maximum absolute atomic E-state index is 15.1. The summed E-state index contributed by atoms with van der Waals surface area (Å²) < 4.78 is 31.3. The van der Waals surface area contributed by atoms with E-state index in [1.54, 1.807) is 20.8 Å². The lowest BCUT2D eigenvalue weighted by Crippen LogP contribution is -2.64. The third-order valence-electron chi connectivity index (χ3n) is 6.56. The number of amides is 1. The Hall–Kier alpha value is -3.16. The zero-order chi connectivity index (χ0) is 23.3. The summed E-state index contributed by atoms with van der Waals surface area (Å²) in [6.45, 7) is 5.88. The van der Waals surface area contributed by atoms with E-state index in [0.29, 0.717) is 24.2 Å². The predicted octanol–water partition coefficient (Wildman–Crippen LogP) is 2.00. The Morgan fingerprint density at radius 1 is 1.34 bits per heavy atom. The van der Waals surface area contributed by atoms with Crippen LogP contribution in [0.3, 0.4) is 0 Å². The molecule has 168 valence electrons. The van der Waals surface area contributed by atoms with Crippen LogP contribution >= 0.6 is 0 Å². The Kier molecular flexibility index (Phi) is 5.14. The zero-order valence-electron chi connectivity index (χ0n) is 18.0. The Bertz CT molecular complexity index is 1220. The molecular weight excluding hydrogens is 431 g/mol. The van der Waals surface area contributed by atoms with Gasteiger partial charge in [0.15, 0.2) is 0 Å². The van der Waals surface area contributed by atoms with Crippen molar-refractivity contribution in [1.82, 2.24) is 9.71 Å². The highest BCUT2D eigenvalue weighted by Gasteiger charge is 2.58. The van der Waals surface area contributed by atoms with Gasteiger partial charge in [-0.3, -0.25) is 18.7 Å². The van der Waals surface area contributed by atoms with Crippen molar-refractivity contribution in [3.63, 3.8) is 0 Å². The molecule has 0 radical (unpaired) electrons. The van der Waals surface area contributed by atoms with Gasteiger partial charge in [0.1, 0.15) is 29.0 Å². The summed E-state index contributed by atoms with van der Waals surface area (Å²) in [5, 5.41) is 11.1. The molecule has 0 saturated carbocycles. The van der Waals surface area contributed by atoms with Crippen LogP contribution in [0.25, 0.3) is 0 Å². The molecule has 2 aliphatic rings. The van der Waals surface area contributed by atoms with Crippen molar-refractivity contribution in [1.29, 1.82) is 5.26 Å². The number of carbonyl (C=O) groups excluding carboxylic acids is 1. The summed E-state index contributed by atoms with van der Waals surface area (Å²) in [6.07, 6.45) is 1.87. The van der Waals surface area contributed by atoms with Crippen LogP contribution in [-0.4, -0.2) is 37.5 Å². The molecule has 0 spiro atoms. The highest BCUT2D eigenvalue weighted by atomic mass is 32.3. The molecule has 1 aromatic carbocycles. The lowest BCUT2D eigenvalue weighted by molar-refractivity contribution is 0.102. The molecular formula is C22H25FN6O2S. The molecule has 1 amide bonds. The van der Waals surface area contributed by atoms with Gasteiger partial charge in [-0.05, 0) is 67.6 Å². The van der Waals surface area contributed by atoms with E-state index in [2.05, 4.69) is 20.0 Å². The lowest BCUT2D eigenvalue weighted by atomic mass is 9.86. The van der Waals surface area contributed by atoms with Gasteiger partial charge in [0.25, 0.3) is 5.91 Å². The van der Waals surface area contributed by atoms with Crippen molar-refractivity contribution in [2.24, 2.45) is 10.7 Å². The normalized spacial score (nSPS) is 26.3. The number of nitriles is 1. The van der Waals surface area contributed by atoms with Crippen molar-refractivity contribution in [3.05, 3.63) is 59.2 Å². The Morgan fingerprint density at radius 3 is 2.75 bits per heavy atom. The van der Waals surface area contributed by atoms with Crippen molar-refractivity contribution in [3.8, 4) is 6.07 Å². The second kappa shape index (κ2) is 7.46. The van der Waals surface area contributed by atoms with E-state index in [1.807, 2.05) is 6.07 Å². The number of nitrogens with two attached hydrogens (primary N) is 1. The fourth-order valence-electron chi connectivity index (χ4n) is 4.53. The van der Waals surface area contributed by atoms with Crippen LogP contribution in [0.2, 0.25) is 0 Å². The van der Waals surface area contributed by atoms with Crippen molar-refractivity contribution >= 4 is 27.5 Å². The van der Waals surface area contributed by atoms with Gasteiger partial charge >= 0.3 is 0 Å². The number of hydrogen-bond acceptors (Lipinski definition) is 6. The quantitative estimate of drug-likeness (QED) is 0.524. The smallest absolute Gasteiger partial charge is 0.274 e. The summed E-state index contributed by atoms with van der Waals surface area (Å²) in [7, 11) is -3.03. The molecule has 1 aromatic heterocycles. The number of carbonyl (C=O) groups is 1. The molecule has 8 nitrogen and oxygen atoms in total. The maximum Gasteiger partial charge on any atom is 0.274 e. The molecule has 10 heteroatoms. The van der Waals surface area contributed by atoms with Crippen molar-refractivity contribution in [2.45, 2.75) is 42.7 Å². The highest BCUT2D eigenvalue weighted by molar-refractivity contribution is 8.04. The number of aliphatic imine (C=N–C) groups is 1. The van der Waals surface area contributed by atoms with E-state index in [-0.39, 0.29) is 17.1 Å². The van der Waals surface area contributed by atoms with Gasteiger partial charge in [-0.1, -0.05) is 0 Å². The SMILES string of the molecule is CC1(C)C(N)=N[C@](C)(c2cc(NC(=O)c3ccc(C#N)cn3)ccc2F)C2CCN[SH]21=O. The van der Waals surface area contributed by atoms with Crippen LogP contribution in [-0.2, 0) is 15.7 Å². The van der Waals surface area contributed by atoms with Gasteiger partial charge in [0.05, 0.1) is 15.6 Å².